The molecule has 15 heavy (non-hydrogen) atoms. The summed E-state index contributed by atoms with van der Waals surface area (Å²) in [6.07, 6.45) is 6.02. The number of aromatic nitrogens is 3. The maximum Gasteiger partial charge on any atom is 0.0683 e. The predicted octanol–water partition coefficient (Wildman–Crippen LogP) is 1.33. The van der Waals surface area contributed by atoms with Gasteiger partial charge in [0.2, 0.25) is 0 Å². The fraction of sp³-hybridized carbons (Fsp3) is 0.273. The van der Waals surface area contributed by atoms with Crippen LogP contribution in [0.5, 0.6) is 0 Å². The molecule has 78 valence electrons. The molecule has 0 atom stereocenters. The van der Waals surface area contributed by atoms with Crippen LogP contribution in [0.1, 0.15) is 6.42 Å². The van der Waals surface area contributed by atoms with Crippen molar-refractivity contribution < 1.29 is 5.11 Å². The maximum absolute atomic E-state index is 8.78. The minimum Gasteiger partial charge on any atom is -0.396 e. The SMILES string of the molecule is OCCCn1nccc1-c1ccncc1. The zero-order valence-corrected chi connectivity index (χ0v) is 8.37. The van der Waals surface area contributed by atoms with Gasteiger partial charge in [-0.05, 0) is 24.6 Å². The Kier molecular flexibility index (Phi) is 3.09. The van der Waals surface area contributed by atoms with Crippen LogP contribution in [0.3, 0.4) is 0 Å². The molecule has 0 fully saturated rings. The second-order valence-electron chi connectivity index (χ2n) is 3.25. The van der Waals surface area contributed by atoms with Crippen molar-refractivity contribution in [2.45, 2.75) is 13.0 Å². The molecule has 0 saturated carbocycles. The van der Waals surface area contributed by atoms with Crippen LogP contribution in [-0.2, 0) is 6.54 Å². The number of nitrogens with zero attached hydrogens (tertiary/aromatic N) is 3. The predicted molar refractivity (Wildman–Crippen MR) is 57.2 cm³/mol. The van der Waals surface area contributed by atoms with Gasteiger partial charge in [0, 0.05) is 37.3 Å². The number of rotatable bonds is 4. The van der Waals surface area contributed by atoms with Crippen molar-refractivity contribution in [3.63, 3.8) is 0 Å². The highest BCUT2D eigenvalue weighted by atomic mass is 16.3. The quantitative estimate of drug-likeness (QED) is 0.815. The third kappa shape index (κ3) is 2.22. The molecule has 4 heteroatoms. The van der Waals surface area contributed by atoms with Crippen molar-refractivity contribution in [1.29, 1.82) is 0 Å². The molecule has 2 rings (SSSR count). The van der Waals surface area contributed by atoms with E-state index < -0.39 is 0 Å². The summed E-state index contributed by atoms with van der Waals surface area (Å²) >= 11 is 0. The van der Waals surface area contributed by atoms with Gasteiger partial charge >= 0.3 is 0 Å². The van der Waals surface area contributed by atoms with Gasteiger partial charge in [0.15, 0.2) is 0 Å². The van der Waals surface area contributed by atoms with Gasteiger partial charge in [0.25, 0.3) is 0 Å². The lowest BCUT2D eigenvalue weighted by atomic mass is 10.2. The first-order valence-corrected chi connectivity index (χ1v) is 4.95. The Bertz CT molecular complexity index is 411. The third-order valence-electron chi connectivity index (χ3n) is 2.22. The molecule has 0 radical (unpaired) electrons. The second-order valence-corrected chi connectivity index (χ2v) is 3.25. The van der Waals surface area contributed by atoms with Crippen molar-refractivity contribution in [1.82, 2.24) is 14.8 Å². The summed E-state index contributed by atoms with van der Waals surface area (Å²) in [6, 6.07) is 5.87. The molecule has 0 aliphatic rings. The van der Waals surface area contributed by atoms with Crippen molar-refractivity contribution in [3.05, 3.63) is 36.8 Å². The average molecular weight is 203 g/mol. The maximum atomic E-state index is 8.78. The molecule has 0 bridgehead atoms. The summed E-state index contributed by atoms with van der Waals surface area (Å²) in [5.74, 6) is 0. The Balaban J connectivity index is 2.25. The van der Waals surface area contributed by atoms with Gasteiger partial charge in [-0.25, -0.2) is 0 Å². The molecule has 2 heterocycles. The highest BCUT2D eigenvalue weighted by Gasteiger charge is 2.03. The number of aryl methyl sites for hydroxylation is 1. The number of aliphatic hydroxyl groups excluding tert-OH is 1. The summed E-state index contributed by atoms with van der Waals surface area (Å²) in [6.45, 7) is 0.927. The molecular weight excluding hydrogens is 190 g/mol. The molecule has 4 nitrogen and oxygen atoms in total. The van der Waals surface area contributed by atoms with Gasteiger partial charge < -0.3 is 5.11 Å². The Morgan fingerprint density at radius 1 is 1.13 bits per heavy atom. The number of hydrogen-bond donors (Lipinski definition) is 1. The Hall–Kier alpha value is -1.68. The van der Waals surface area contributed by atoms with Crippen LogP contribution in [0.25, 0.3) is 11.3 Å². The van der Waals surface area contributed by atoms with Crippen LogP contribution in [0.4, 0.5) is 0 Å². The summed E-state index contributed by atoms with van der Waals surface area (Å²) in [4.78, 5) is 3.98. The summed E-state index contributed by atoms with van der Waals surface area (Å²) in [5, 5.41) is 13.0. The van der Waals surface area contributed by atoms with Crippen LogP contribution < -0.4 is 0 Å². The van der Waals surface area contributed by atoms with Crippen LogP contribution in [0.15, 0.2) is 36.8 Å². The Morgan fingerprint density at radius 3 is 2.67 bits per heavy atom. The van der Waals surface area contributed by atoms with E-state index in [1.54, 1.807) is 18.6 Å². The molecule has 0 aliphatic carbocycles. The molecule has 0 spiro atoms. The largest absolute Gasteiger partial charge is 0.396 e. The van der Waals surface area contributed by atoms with E-state index in [1.807, 2.05) is 22.9 Å². The molecular formula is C11H13N3O. The first-order valence-electron chi connectivity index (χ1n) is 4.95. The van der Waals surface area contributed by atoms with Gasteiger partial charge in [-0.3, -0.25) is 9.67 Å². The lowest BCUT2D eigenvalue weighted by Gasteiger charge is -2.05. The van der Waals surface area contributed by atoms with E-state index in [9.17, 15) is 0 Å². The summed E-state index contributed by atoms with van der Waals surface area (Å²) in [7, 11) is 0. The molecule has 0 saturated heterocycles. The van der Waals surface area contributed by atoms with Crippen molar-refractivity contribution in [2.24, 2.45) is 0 Å². The van der Waals surface area contributed by atoms with Gasteiger partial charge in [-0.1, -0.05) is 0 Å². The van der Waals surface area contributed by atoms with Crippen LogP contribution >= 0.6 is 0 Å². The molecule has 1 N–H and O–H groups in total. The van der Waals surface area contributed by atoms with E-state index >= 15 is 0 Å². The zero-order chi connectivity index (χ0) is 10.5. The minimum absolute atomic E-state index is 0.190. The highest BCUT2D eigenvalue weighted by molar-refractivity contribution is 5.58. The van der Waals surface area contributed by atoms with Gasteiger partial charge in [-0.15, -0.1) is 0 Å². The Labute approximate surface area is 88.2 Å². The monoisotopic (exact) mass is 203 g/mol. The summed E-state index contributed by atoms with van der Waals surface area (Å²) in [5.41, 5.74) is 2.16. The summed E-state index contributed by atoms with van der Waals surface area (Å²) < 4.78 is 1.89. The molecule has 2 aromatic rings. The van der Waals surface area contributed by atoms with Crippen molar-refractivity contribution in [2.75, 3.05) is 6.61 Å². The second kappa shape index (κ2) is 4.70. The topological polar surface area (TPSA) is 50.9 Å². The highest BCUT2D eigenvalue weighted by Crippen LogP contribution is 2.17. The van der Waals surface area contributed by atoms with Crippen LogP contribution in [0, 0.1) is 0 Å². The first-order chi connectivity index (χ1) is 7.42. The fourth-order valence-corrected chi connectivity index (χ4v) is 1.50. The lowest BCUT2D eigenvalue weighted by Crippen LogP contribution is -2.03. The fourth-order valence-electron chi connectivity index (χ4n) is 1.50. The standard InChI is InChI=1S/C11H13N3O/c15-9-1-8-14-11(4-7-13-14)10-2-5-12-6-3-10/h2-7,15H,1,8-9H2. The van der Waals surface area contributed by atoms with Crippen molar-refractivity contribution >= 4 is 0 Å². The van der Waals surface area contributed by atoms with E-state index in [1.165, 1.54) is 0 Å². The van der Waals surface area contributed by atoms with E-state index in [4.69, 9.17) is 5.11 Å². The van der Waals surface area contributed by atoms with Crippen LogP contribution in [-0.4, -0.2) is 26.5 Å². The zero-order valence-electron chi connectivity index (χ0n) is 8.37. The molecule has 2 aromatic heterocycles. The number of pyridine rings is 1. The minimum atomic E-state index is 0.190. The Morgan fingerprint density at radius 2 is 1.93 bits per heavy atom. The van der Waals surface area contributed by atoms with Gasteiger partial charge in [0.05, 0.1) is 5.69 Å². The number of aliphatic hydroxyl groups is 1. The first kappa shape index (κ1) is 9.86. The lowest BCUT2D eigenvalue weighted by molar-refractivity contribution is 0.277. The van der Waals surface area contributed by atoms with E-state index in [-0.39, 0.29) is 6.61 Å². The molecule has 0 aliphatic heterocycles. The molecule has 0 aromatic carbocycles. The molecule has 0 amide bonds. The average Bonchev–Trinajstić information content (AvgIpc) is 2.75. The van der Waals surface area contributed by atoms with E-state index in [0.717, 1.165) is 24.2 Å². The molecule has 0 unspecified atom stereocenters. The van der Waals surface area contributed by atoms with E-state index in [0.29, 0.717) is 0 Å². The van der Waals surface area contributed by atoms with E-state index in [2.05, 4.69) is 10.1 Å². The van der Waals surface area contributed by atoms with Gasteiger partial charge in [-0.2, -0.15) is 5.10 Å². The third-order valence-corrected chi connectivity index (χ3v) is 2.22. The van der Waals surface area contributed by atoms with Crippen molar-refractivity contribution in [3.8, 4) is 11.3 Å². The van der Waals surface area contributed by atoms with Crippen LogP contribution in [0.2, 0.25) is 0 Å². The smallest absolute Gasteiger partial charge is 0.0683 e. The normalized spacial score (nSPS) is 10.5. The number of hydrogen-bond acceptors (Lipinski definition) is 3. The van der Waals surface area contributed by atoms with Gasteiger partial charge in [0.1, 0.15) is 0 Å².